The molecule has 0 radical (unpaired) electrons. The van der Waals surface area contributed by atoms with E-state index < -0.39 is 11.5 Å². The number of ether oxygens (including phenoxy) is 2. The number of anilines is 1. The second kappa shape index (κ2) is 10.9. The molecule has 0 bridgehead atoms. The third-order valence-electron chi connectivity index (χ3n) is 6.00. The summed E-state index contributed by atoms with van der Waals surface area (Å²) in [7, 11) is 0. The van der Waals surface area contributed by atoms with Crippen molar-refractivity contribution in [1.29, 1.82) is 0 Å². The van der Waals surface area contributed by atoms with Crippen LogP contribution in [-0.2, 0) is 16.0 Å². The monoisotopic (exact) mass is 527 g/mol. The first-order chi connectivity index (χ1) is 18.5. The molecule has 8 nitrogen and oxygen atoms in total. The molecule has 38 heavy (non-hydrogen) atoms. The second-order valence-corrected chi connectivity index (χ2v) is 9.31. The number of esters is 1. The first kappa shape index (κ1) is 25.2. The van der Waals surface area contributed by atoms with Crippen molar-refractivity contribution < 1.29 is 19.1 Å². The van der Waals surface area contributed by atoms with E-state index in [9.17, 15) is 14.4 Å². The summed E-state index contributed by atoms with van der Waals surface area (Å²) in [6.45, 7) is 4.24. The number of aromatic nitrogens is 2. The van der Waals surface area contributed by atoms with E-state index in [2.05, 4.69) is 10.4 Å². The van der Waals surface area contributed by atoms with E-state index in [0.29, 0.717) is 28.4 Å². The molecule has 2 heterocycles. The number of hydrogen-bond acceptors (Lipinski definition) is 7. The lowest BCUT2D eigenvalue weighted by Gasteiger charge is -2.11. The number of carbonyl (C=O) groups is 2. The van der Waals surface area contributed by atoms with Crippen LogP contribution in [0.5, 0.6) is 5.75 Å². The van der Waals surface area contributed by atoms with Gasteiger partial charge in [0, 0.05) is 10.8 Å². The Bertz CT molecular complexity index is 1700. The van der Waals surface area contributed by atoms with Gasteiger partial charge in [-0.2, -0.15) is 9.78 Å². The predicted octanol–water partition coefficient (Wildman–Crippen LogP) is 5.36. The smallest absolute Gasteiger partial charge is 0.359 e. The molecule has 0 aliphatic heterocycles. The molecule has 192 valence electrons. The number of nitrogens with zero attached hydrogens (tertiary/aromatic N) is 2. The Labute approximate surface area is 222 Å². The van der Waals surface area contributed by atoms with Crippen molar-refractivity contribution in [3.8, 4) is 11.4 Å². The van der Waals surface area contributed by atoms with E-state index in [1.807, 2.05) is 49.4 Å². The van der Waals surface area contributed by atoms with Crippen molar-refractivity contribution in [2.45, 2.75) is 20.3 Å². The van der Waals surface area contributed by atoms with Crippen molar-refractivity contribution in [1.82, 2.24) is 9.78 Å². The molecule has 5 rings (SSSR count). The fourth-order valence-corrected chi connectivity index (χ4v) is 5.26. The average molecular weight is 528 g/mol. The highest BCUT2D eigenvalue weighted by Crippen LogP contribution is 2.31. The number of fused-ring (bicyclic) bond motifs is 2. The molecule has 3 aromatic carbocycles. The number of nitrogens with one attached hydrogen (secondary N) is 1. The largest absolute Gasteiger partial charge is 0.494 e. The maximum Gasteiger partial charge on any atom is 0.359 e. The first-order valence-electron chi connectivity index (χ1n) is 12.2. The Morgan fingerprint density at radius 2 is 1.71 bits per heavy atom. The number of amides is 1. The number of carbonyl (C=O) groups excluding carboxylic acids is 2. The van der Waals surface area contributed by atoms with Gasteiger partial charge in [0.1, 0.15) is 10.8 Å². The quantitative estimate of drug-likeness (QED) is 0.273. The third kappa shape index (κ3) is 4.88. The van der Waals surface area contributed by atoms with Gasteiger partial charge in [-0.05, 0) is 54.4 Å². The van der Waals surface area contributed by atoms with E-state index in [1.54, 1.807) is 36.6 Å². The van der Waals surface area contributed by atoms with Crippen molar-refractivity contribution in [2.75, 3.05) is 18.5 Å². The van der Waals surface area contributed by atoms with Gasteiger partial charge < -0.3 is 14.8 Å². The van der Waals surface area contributed by atoms with Crippen LogP contribution in [0, 0.1) is 0 Å². The lowest BCUT2D eigenvalue weighted by atomic mass is 10.0. The molecule has 1 amide bonds. The van der Waals surface area contributed by atoms with E-state index in [1.165, 1.54) is 11.3 Å². The third-order valence-corrected chi connectivity index (χ3v) is 6.89. The second-order valence-electron chi connectivity index (χ2n) is 8.43. The van der Waals surface area contributed by atoms with Crippen molar-refractivity contribution in [3.05, 3.63) is 93.7 Å². The molecule has 0 fully saturated rings. The van der Waals surface area contributed by atoms with Crippen molar-refractivity contribution in [2.24, 2.45) is 0 Å². The summed E-state index contributed by atoms with van der Waals surface area (Å²) in [6, 6.07) is 20.5. The van der Waals surface area contributed by atoms with E-state index in [0.717, 1.165) is 21.0 Å². The van der Waals surface area contributed by atoms with Crippen LogP contribution < -0.4 is 15.6 Å². The van der Waals surface area contributed by atoms with E-state index in [4.69, 9.17) is 9.47 Å². The molecular weight excluding hydrogens is 502 g/mol. The number of hydrogen-bond donors (Lipinski definition) is 1. The van der Waals surface area contributed by atoms with Crippen LogP contribution in [0.15, 0.2) is 76.9 Å². The minimum Gasteiger partial charge on any atom is -0.494 e. The van der Waals surface area contributed by atoms with Gasteiger partial charge in [0.25, 0.3) is 5.56 Å². The van der Waals surface area contributed by atoms with Crippen LogP contribution in [0.1, 0.15) is 29.9 Å². The Morgan fingerprint density at radius 3 is 2.47 bits per heavy atom. The average Bonchev–Trinajstić information content (AvgIpc) is 3.34. The van der Waals surface area contributed by atoms with Crippen LogP contribution in [0.2, 0.25) is 0 Å². The van der Waals surface area contributed by atoms with E-state index >= 15 is 0 Å². The maximum absolute atomic E-state index is 13.6. The maximum atomic E-state index is 13.6. The lowest BCUT2D eigenvalue weighted by Crippen LogP contribution is -2.25. The zero-order valence-electron chi connectivity index (χ0n) is 20.9. The number of thiophene rings is 1. The van der Waals surface area contributed by atoms with Crippen LogP contribution >= 0.6 is 11.3 Å². The van der Waals surface area contributed by atoms with Crippen molar-refractivity contribution in [3.63, 3.8) is 0 Å². The molecule has 0 unspecified atom stereocenters. The fourth-order valence-electron chi connectivity index (χ4n) is 4.31. The van der Waals surface area contributed by atoms with Gasteiger partial charge in [-0.25, -0.2) is 4.79 Å². The van der Waals surface area contributed by atoms with Crippen LogP contribution in [0.4, 0.5) is 5.00 Å². The first-order valence-corrected chi connectivity index (χ1v) is 13.1. The Kier molecular flexibility index (Phi) is 7.19. The Morgan fingerprint density at radius 1 is 0.947 bits per heavy atom. The zero-order valence-corrected chi connectivity index (χ0v) is 21.7. The van der Waals surface area contributed by atoms with Crippen LogP contribution in [0.25, 0.3) is 27.2 Å². The molecule has 2 aromatic heterocycles. The highest BCUT2D eigenvalue weighted by atomic mass is 32.1. The van der Waals surface area contributed by atoms with Crippen molar-refractivity contribution >= 4 is 49.8 Å². The summed E-state index contributed by atoms with van der Waals surface area (Å²) in [5.41, 5.74) is 0.868. The van der Waals surface area contributed by atoms with Gasteiger partial charge in [0.2, 0.25) is 5.91 Å². The summed E-state index contributed by atoms with van der Waals surface area (Å²) in [5.74, 6) is -0.275. The molecule has 5 aromatic rings. The molecule has 0 saturated heterocycles. The molecule has 0 aliphatic carbocycles. The lowest BCUT2D eigenvalue weighted by molar-refractivity contribution is -0.115. The van der Waals surface area contributed by atoms with Gasteiger partial charge in [0.15, 0.2) is 5.69 Å². The normalized spacial score (nSPS) is 11.0. The standard InChI is InChI=1S/C29H25N3O5S/c1-3-36-21-14-12-20(13-15-21)32-28(34)25-23(26(31-32)29(35)37-4-2)17-38-27(25)30-24(33)16-19-10-7-9-18-8-5-6-11-22(18)19/h5-15,17H,3-4,16H2,1-2H3,(H,30,33). The summed E-state index contributed by atoms with van der Waals surface area (Å²) in [5, 5.41) is 11.8. The fraction of sp³-hybridized carbons (Fsp3) is 0.172. The topological polar surface area (TPSA) is 99.5 Å². The SMILES string of the molecule is CCOC(=O)c1nn(-c2ccc(OCC)cc2)c(=O)c2c(NC(=O)Cc3cccc4ccccc34)scc12. The summed E-state index contributed by atoms with van der Waals surface area (Å²) >= 11 is 1.17. The number of rotatable bonds is 8. The van der Waals surface area contributed by atoms with Gasteiger partial charge >= 0.3 is 5.97 Å². The van der Waals surface area contributed by atoms with Gasteiger partial charge in [-0.1, -0.05) is 42.5 Å². The molecule has 0 saturated carbocycles. The molecular formula is C29H25N3O5S. The molecule has 0 aliphatic rings. The predicted molar refractivity (Wildman–Crippen MR) is 149 cm³/mol. The summed E-state index contributed by atoms with van der Waals surface area (Å²) < 4.78 is 11.8. The Hall–Kier alpha value is -4.50. The van der Waals surface area contributed by atoms with Gasteiger partial charge in [-0.3, -0.25) is 9.59 Å². The minimum atomic E-state index is -0.649. The molecule has 0 spiro atoms. The zero-order chi connectivity index (χ0) is 26.6. The summed E-state index contributed by atoms with van der Waals surface area (Å²) in [6.07, 6.45) is 0.129. The van der Waals surface area contributed by atoms with Gasteiger partial charge in [-0.15, -0.1) is 11.3 Å². The van der Waals surface area contributed by atoms with Crippen LogP contribution in [0.3, 0.4) is 0 Å². The highest BCUT2D eigenvalue weighted by molar-refractivity contribution is 7.16. The molecule has 0 atom stereocenters. The van der Waals surface area contributed by atoms with Crippen LogP contribution in [-0.4, -0.2) is 34.9 Å². The minimum absolute atomic E-state index is 0.00105. The molecule has 1 N–H and O–H groups in total. The summed E-state index contributed by atoms with van der Waals surface area (Å²) in [4.78, 5) is 39.5. The van der Waals surface area contributed by atoms with Gasteiger partial charge in [0.05, 0.1) is 30.7 Å². The van der Waals surface area contributed by atoms with E-state index in [-0.39, 0.29) is 30.0 Å². The number of benzene rings is 3. The molecule has 9 heteroatoms. The highest BCUT2D eigenvalue weighted by Gasteiger charge is 2.23. The Balaban J connectivity index is 1.55.